The summed E-state index contributed by atoms with van der Waals surface area (Å²) in [4.78, 5) is 10.8. The average molecular weight is 183 g/mol. The van der Waals surface area contributed by atoms with E-state index in [9.17, 15) is 9.18 Å². The van der Waals surface area contributed by atoms with E-state index in [1.54, 1.807) is 0 Å². The van der Waals surface area contributed by atoms with Crippen LogP contribution < -0.4 is 5.73 Å². The molecular formula is C9H10FNO2. The standard InChI is InChI=1S/C9H10FNO2/c1-5(12)9(11)7-4-6(13)2-3-8(7)10/h2-4,9,13H,11H2,1H3. The van der Waals surface area contributed by atoms with Gasteiger partial charge in [0.1, 0.15) is 11.6 Å². The molecule has 70 valence electrons. The van der Waals surface area contributed by atoms with Gasteiger partial charge in [-0.2, -0.15) is 0 Å². The highest BCUT2D eigenvalue weighted by molar-refractivity contribution is 5.82. The number of rotatable bonds is 2. The predicted molar refractivity (Wildman–Crippen MR) is 45.7 cm³/mol. The van der Waals surface area contributed by atoms with Gasteiger partial charge in [-0.1, -0.05) is 0 Å². The Morgan fingerprint density at radius 1 is 1.62 bits per heavy atom. The van der Waals surface area contributed by atoms with Crippen LogP contribution in [0.25, 0.3) is 0 Å². The summed E-state index contributed by atoms with van der Waals surface area (Å²) in [6, 6.07) is 2.42. The fraction of sp³-hybridized carbons (Fsp3) is 0.222. The zero-order chi connectivity index (χ0) is 10.0. The summed E-state index contributed by atoms with van der Waals surface area (Å²) < 4.78 is 13.0. The molecule has 0 radical (unpaired) electrons. The SMILES string of the molecule is CC(=O)C(N)c1cc(O)ccc1F. The minimum Gasteiger partial charge on any atom is -0.508 e. The maximum atomic E-state index is 13.0. The number of hydrogen-bond acceptors (Lipinski definition) is 3. The lowest BCUT2D eigenvalue weighted by Gasteiger charge is -2.09. The zero-order valence-corrected chi connectivity index (χ0v) is 7.12. The zero-order valence-electron chi connectivity index (χ0n) is 7.12. The van der Waals surface area contributed by atoms with Crippen molar-refractivity contribution >= 4 is 5.78 Å². The normalized spacial score (nSPS) is 12.5. The van der Waals surface area contributed by atoms with E-state index in [4.69, 9.17) is 10.8 Å². The van der Waals surface area contributed by atoms with E-state index in [-0.39, 0.29) is 17.1 Å². The molecular weight excluding hydrogens is 173 g/mol. The monoisotopic (exact) mass is 183 g/mol. The fourth-order valence-electron chi connectivity index (χ4n) is 0.988. The number of aromatic hydroxyl groups is 1. The molecule has 13 heavy (non-hydrogen) atoms. The Morgan fingerprint density at radius 3 is 2.77 bits per heavy atom. The van der Waals surface area contributed by atoms with E-state index < -0.39 is 11.9 Å². The van der Waals surface area contributed by atoms with Crippen LogP contribution in [-0.4, -0.2) is 10.9 Å². The Labute approximate surface area is 75.0 Å². The number of benzene rings is 1. The number of Topliss-reactive ketones (excluding diaryl/α,β-unsaturated/α-hetero) is 1. The molecule has 0 saturated carbocycles. The van der Waals surface area contributed by atoms with Gasteiger partial charge in [-0.3, -0.25) is 4.79 Å². The predicted octanol–water partition coefficient (Wildman–Crippen LogP) is 1.12. The summed E-state index contributed by atoms with van der Waals surface area (Å²) in [5.41, 5.74) is 5.43. The first-order chi connectivity index (χ1) is 6.02. The first-order valence-electron chi connectivity index (χ1n) is 3.77. The minimum absolute atomic E-state index is 0.0208. The van der Waals surface area contributed by atoms with Crippen LogP contribution in [0, 0.1) is 5.82 Å². The molecule has 1 unspecified atom stereocenters. The third-order valence-corrected chi connectivity index (χ3v) is 1.75. The lowest BCUT2D eigenvalue weighted by atomic mass is 10.0. The summed E-state index contributed by atoms with van der Waals surface area (Å²) in [6.07, 6.45) is 0. The molecule has 0 amide bonds. The van der Waals surface area contributed by atoms with Gasteiger partial charge in [0.25, 0.3) is 0 Å². The molecule has 0 aromatic heterocycles. The summed E-state index contributed by atoms with van der Waals surface area (Å²) in [5, 5.41) is 9.03. The van der Waals surface area contributed by atoms with Crippen LogP contribution in [0.3, 0.4) is 0 Å². The van der Waals surface area contributed by atoms with Gasteiger partial charge >= 0.3 is 0 Å². The largest absolute Gasteiger partial charge is 0.508 e. The van der Waals surface area contributed by atoms with Crippen molar-refractivity contribution in [3.63, 3.8) is 0 Å². The van der Waals surface area contributed by atoms with E-state index in [0.29, 0.717) is 0 Å². The van der Waals surface area contributed by atoms with E-state index in [2.05, 4.69) is 0 Å². The van der Waals surface area contributed by atoms with Gasteiger partial charge in [-0.25, -0.2) is 4.39 Å². The maximum absolute atomic E-state index is 13.0. The Bertz CT molecular complexity index is 338. The number of carbonyl (C=O) groups is 1. The number of nitrogens with two attached hydrogens (primary N) is 1. The van der Waals surface area contributed by atoms with E-state index >= 15 is 0 Å². The molecule has 0 aliphatic heterocycles. The van der Waals surface area contributed by atoms with Crippen LogP contribution in [0.15, 0.2) is 18.2 Å². The first kappa shape index (κ1) is 9.67. The molecule has 1 rings (SSSR count). The van der Waals surface area contributed by atoms with E-state index in [1.165, 1.54) is 13.0 Å². The molecule has 1 atom stereocenters. The highest BCUT2D eigenvalue weighted by Crippen LogP contribution is 2.20. The number of carbonyl (C=O) groups excluding carboxylic acids is 1. The molecule has 1 aromatic carbocycles. The van der Waals surface area contributed by atoms with Gasteiger partial charge in [0.05, 0.1) is 6.04 Å². The van der Waals surface area contributed by atoms with Crippen LogP contribution in [0.2, 0.25) is 0 Å². The molecule has 0 bridgehead atoms. The Kier molecular flexibility index (Phi) is 2.63. The molecule has 1 aromatic rings. The molecule has 0 heterocycles. The first-order valence-corrected chi connectivity index (χ1v) is 3.77. The van der Waals surface area contributed by atoms with Gasteiger partial charge in [0.15, 0.2) is 5.78 Å². The second-order valence-electron chi connectivity index (χ2n) is 2.79. The van der Waals surface area contributed by atoms with Crippen molar-refractivity contribution in [2.24, 2.45) is 5.73 Å². The molecule has 0 aliphatic rings. The van der Waals surface area contributed by atoms with Crippen molar-refractivity contribution < 1.29 is 14.3 Å². The molecule has 0 aliphatic carbocycles. The Morgan fingerprint density at radius 2 is 2.23 bits per heavy atom. The Balaban J connectivity index is 3.12. The number of ketones is 1. The van der Waals surface area contributed by atoms with Gasteiger partial charge in [0.2, 0.25) is 0 Å². The van der Waals surface area contributed by atoms with Crippen molar-refractivity contribution in [1.29, 1.82) is 0 Å². The quantitative estimate of drug-likeness (QED) is 0.722. The summed E-state index contributed by atoms with van der Waals surface area (Å²) >= 11 is 0. The molecule has 0 spiro atoms. The summed E-state index contributed by atoms with van der Waals surface area (Å²) in [5.74, 6) is -1.03. The number of phenols is 1. The van der Waals surface area contributed by atoms with Crippen LogP contribution in [0.5, 0.6) is 5.75 Å². The van der Waals surface area contributed by atoms with E-state index in [1.807, 2.05) is 0 Å². The second-order valence-corrected chi connectivity index (χ2v) is 2.79. The molecule has 4 heteroatoms. The van der Waals surface area contributed by atoms with Crippen LogP contribution >= 0.6 is 0 Å². The van der Waals surface area contributed by atoms with Gasteiger partial charge < -0.3 is 10.8 Å². The van der Waals surface area contributed by atoms with E-state index in [0.717, 1.165) is 12.1 Å². The molecule has 3 nitrogen and oxygen atoms in total. The second kappa shape index (κ2) is 3.53. The van der Waals surface area contributed by atoms with Gasteiger partial charge in [-0.15, -0.1) is 0 Å². The fourth-order valence-corrected chi connectivity index (χ4v) is 0.988. The van der Waals surface area contributed by atoms with Crippen molar-refractivity contribution in [3.8, 4) is 5.75 Å². The molecule has 0 saturated heterocycles. The summed E-state index contributed by atoms with van der Waals surface area (Å²) in [6.45, 7) is 1.27. The number of hydrogen-bond donors (Lipinski definition) is 2. The third-order valence-electron chi connectivity index (χ3n) is 1.75. The highest BCUT2D eigenvalue weighted by atomic mass is 19.1. The number of halogens is 1. The lowest BCUT2D eigenvalue weighted by molar-refractivity contribution is -0.118. The van der Waals surface area contributed by atoms with Gasteiger partial charge in [-0.05, 0) is 25.1 Å². The highest BCUT2D eigenvalue weighted by Gasteiger charge is 2.15. The molecule has 0 fully saturated rings. The van der Waals surface area contributed by atoms with Crippen molar-refractivity contribution in [2.75, 3.05) is 0 Å². The third kappa shape index (κ3) is 2.03. The summed E-state index contributed by atoms with van der Waals surface area (Å²) in [7, 11) is 0. The van der Waals surface area contributed by atoms with Crippen molar-refractivity contribution in [2.45, 2.75) is 13.0 Å². The minimum atomic E-state index is -1.01. The lowest BCUT2D eigenvalue weighted by Crippen LogP contribution is -2.19. The topological polar surface area (TPSA) is 63.3 Å². The Hall–Kier alpha value is -1.42. The van der Waals surface area contributed by atoms with Crippen molar-refractivity contribution in [1.82, 2.24) is 0 Å². The molecule has 3 N–H and O–H groups in total. The maximum Gasteiger partial charge on any atom is 0.151 e. The average Bonchev–Trinajstić information content (AvgIpc) is 2.08. The number of phenolic OH excluding ortho intramolecular Hbond substituents is 1. The van der Waals surface area contributed by atoms with Crippen LogP contribution in [-0.2, 0) is 4.79 Å². The van der Waals surface area contributed by atoms with Crippen molar-refractivity contribution in [3.05, 3.63) is 29.6 Å². The van der Waals surface area contributed by atoms with Crippen LogP contribution in [0.4, 0.5) is 4.39 Å². The smallest absolute Gasteiger partial charge is 0.151 e. The van der Waals surface area contributed by atoms with Crippen LogP contribution in [0.1, 0.15) is 18.5 Å². The van der Waals surface area contributed by atoms with Gasteiger partial charge in [0, 0.05) is 5.56 Å².